The third kappa shape index (κ3) is 4.22. The van der Waals surface area contributed by atoms with E-state index in [0.29, 0.717) is 31.4 Å². The zero-order chi connectivity index (χ0) is 16.3. The molecule has 2 unspecified atom stereocenters. The van der Waals surface area contributed by atoms with Gasteiger partial charge >= 0.3 is 11.9 Å². The molecular formula is C16H25NO5. The molecule has 0 aliphatic carbocycles. The summed E-state index contributed by atoms with van der Waals surface area (Å²) < 4.78 is 15.8. The fourth-order valence-corrected chi connectivity index (χ4v) is 2.48. The zero-order valence-corrected chi connectivity index (χ0v) is 13.7. The second-order valence-corrected chi connectivity index (χ2v) is 6.46. The molecular weight excluding hydrogens is 286 g/mol. The number of rotatable bonds is 6. The van der Waals surface area contributed by atoms with Crippen LogP contribution in [0.4, 0.5) is 0 Å². The first-order chi connectivity index (χ1) is 10.3. The Labute approximate surface area is 131 Å². The van der Waals surface area contributed by atoms with Crippen LogP contribution in [0.2, 0.25) is 0 Å². The Kier molecular flexibility index (Phi) is 5.11. The Hall–Kier alpha value is -1.56. The van der Waals surface area contributed by atoms with E-state index in [1.807, 2.05) is 27.7 Å². The van der Waals surface area contributed by atoms with Gasteiger partial charge in [-0.05, 0) is 40.5 Å². The van der Waals surface area contributed by atoms with Gasteiger partial charge in [-0.25, -0.2) is 9.59 Å². The lowest BCUT2D eigenvalue weighted by atomic mass is 9.84. The summed E-state index contributed by atoms with van der Waals surface area (Å²) in [5, 5.41) is 3.10. The molecule has 22 heavy (non-hydrogen) atoms. The summed E-state index contributed by atoms with van der Waals surface area (Å²) >= 11 is 0. The smallest absolute Gasteiger partial charge is 0.335 e. The molecule has 6 heteroatoms. The van der Waals surface area contributed by atoms with Gasteiger partial charge in [-0.2, -0.15) is 0 Å². The predicted octanol–water partition coefficient (Wildman–Crippen LogP) is 1.68. The van der Waals surface area contributed by atoms with Gasteiger partial charge in [0.2, 0.25) is 0 Å². The van der Waals surface area contributed by atoms with Crippen LogP contribution in [0.1, 0.15) is 47.0 Å². The minimum absolute atomic E-state index is 0.0878. The van der Waals surface area contributed by atoms with Crippen molar-refractivity contribution in [3.63, 3.8) is 0 Å². The monoisotopic (exact) mass is 311 g/mol. The Morgan fingerprint density at radius 1 is 1.32 bits per heavy atom. The summed E-state index contributed by atoms with van der Waals surface area (Å²) in [4.78, 5) is 24.4. The molecule has 0 aromatic carbocycles. The highest BCUT2D eigenvalue weighted by molar-refractivity contribution is 5.90. The number of hydrogen-bond acceptors (Lipinski definition) is 6. The minimum Gasteiger partial charge on any atom is -0.461 e. The van der Waals surface area contributed by atoms with Crippen molar-refractivity contribution in [3.05, 3.63) is 11.8 Å². The van der Waals surface area contributed by atoms with Crippen LogP contribution in [0.25, 0.3) is 0 Å². The van der Waals surface area contributed by atoms with E-state index in [0.717, 1.165) is 0 Å². The molecule has 2 atom stereocenters. The number of hydrogen-bond donors (Lipinski definition) is 1. The molecule has 0 saturated carbocycles. The summed E-state index contributed by atoms with van der Waals surface area (Å²) in [6.45, 7) is 7.93. The first kappa shape index (κ1) is 16.8. The highest BCUT2D eigenvalue weighted by Crippen LogP contribution is 2.32. The zero-order valence-electron chi connectivity index (χ0n) is 13.7. The van der Waals surface area contributed by atoms with Crippen molar-refractivity contribution < 1.29 is 23.8 Å². The molecule has 1 saturated heterocycles. The van der Waals surface area contributed by atoms with Gasteiger partial charge in [-0.3, -0.25) is 0 Å². The lowest BCUT2D eigenvalue weighted by Gasteiger charge is -2.35. The Morgan fingerprint density at radius 3 is 2.41 bits per heavy atom. The van der Waals surface area contributed by atoms with Gasteiger partial charge in [0.1, 0.15) is 5.54 Å². The molecule has 2 aliphatic rings. The van der Waals surface area contributed by atoms with Crippen LogP contribution in [-0.2, 0) is 23.8 Å². The third-order valence-electron chi connectivity index (χ3n) is 3.66. The van der Waals surface area contributed by atoms with Gasteiger partial charge in [-0.15, -0.1) is 0 Å². The van der Waals surface area contributed by atoms with Crippen LogP contribution < -0.4 is 5.32 Å². The fourth-order valence-electron chi connectivity index (χ4n) is 2.48. The average molecular weight is 311 g/mol. The highest BCUT2D eigenvalue weighted by atomic mass is 16.6. The van der Waals surface area contributed by atoms with Crippen LogP contribution in [0.5, 0.6) is 0 Å². The molecule has 124 valence electrons. The van der Waals surface area contributed by atoms with E-state index in [1.165, 1.54) is 0 Å². The molecule has 0 aromatic heterocycles. The summed E-state index contributed by atoms with van der Waals surface area (Å²) in [5.41, 5.74) is -0.258. The van der Waals surface area contributed by atoms with E-state index >= 15 is 0 Å². The normalized spacial score (nSPS) is 27.2. The molecule has 1 N–H and O–H groups in total. The van der Waals surface area contributed by atoms with Crippen molar-refractivity contribution in [2.24, 2.45) is 0 Å². The average Bonchev–Trinajstić information content (AvgIpc) is 3.21. The second-order valence-electron chi connectivity index (χ2n) is 6.46. The lowest BCUT2D eigenvalue weighted by molar-refractivity contribution is -0.157. The van der Waals surface area contributed by atoms with E-state index < -0.39 is 5.54 Å². The molecule has 2 rings (SSSR count). The van der Waals surface area contributed by atoms with Crippen LogP contribution in [-0.4, -0.2) is 42.4 Å². The van der Waals surface area contributed by atoms with Gasteiger partial charge in [0.25, 0.3) is 0 Å². The third-order valence-corrected chi connectivity index (χ3v) is 3.66. The highest BCUT2D eigenvalue weighted by Gasteiger charge is 2.46. The van der Waals surface area contributed by atoms with Crippen molar-refractivity contribution in [1.29, 1.82) is 0 Å². The van der Waals surface area contributed by atoms with Crippen molar-refractivity contribution in [3.8, 4) is 0 Å². The molecule has 0 bridgehead atoms. The largest absolute Gasteiger partial charge is 0.461 e. The van der Waals surface area contributed by atoms with Gasteiger partial charge in [0.15, 0.2) is 0 Å². The quantitative estimate of drug-likeness (QED) is 0.594. The second kappa shape index (κ2) is 6.69. The SMILES string of the molecule is CC(C)OC(=O)C1=CNC(CC2CO2)(C(=O)OC(C)C)CC1. The number of nitrogens with one attached hydrogen (secondary N) is 1. The molecule has 0 amide bonds. The maximum absolute atomic E-state index is 12.5. The van der Waals surface area contributed by atoms with Crippen LogP contribution in [0.15, 0.2) is 11.8 Å². The standard InChI is InChI=1S/C16H25NO5/c1-10(2)21-14(18)12-5-6-16(17-8-12,7-13-9-20-13)15(19)22-11(3)4/h8,10-11,13,17H,5-7,9H2,1-4H3. The lowest BCUT2D eigenvalue weighted by Crippen LogP contribution is -2.54. The maximum Gasteiger partial charge on any atom is 0.335 e. The first-order valence-electron chi connectivity index (χ1n) is 7.83. The molecule has 1 fully saturated rings. The Balaban J connectivity index is 2.07. The maximum atomic E-state index is 12.5. The van der Waals surface area contributed by atoms with Crippen LogP contribution in [0, 0.1) is 0 Å². The van der Waals surface area contributed by atoms with Crippen molar-refractivity contribution >= 4 is 11.9 Å². The summed E-state index contributed by atoms with van der Waals surface area (Å²) in [6, 6.07) is 0. The van der Waals surface area contributed by atoms with Crippen LogP contribution >= 0.6 is 0 Å². The number of esters is 2. The predicted molar refractivity (Wildman–Crippen MR) is 80.0 cm³/mol. The number of ether oxygens (including phenoxy) is 3. The molecule has 0 spiro atoms. The summed E-state index contributed by atoms with van der Waals surface area (Å²) in [5.74, 6) is -0.624. The fraction of sp³-hybridized carbons (Fsp3) is 0.750. The van der Waals surface area contributed by atoms with Crippen molar-refractivity contribution in [2.75, 3.05) is 6.61 Å². The van der Waals surface area contributed by atoms with E-state index in [9.17, 15) is 9.59 Å². The van der Waals surface area contributed by atoms with Gasteiger partial charge in [-0.1, -0.05) is 0 Å². The molecule has 2 aliphatic heterocycles. The first-order valence-corrected chi connectivity index (χ1v) is 7.83. The molecule has 0 aromatic rings. The Morgan fingerprint density at radius 2 is 1.95 bits per heavy atom. The summed E-state index contributed by atoms with van der Waals surface area (Å²) in [6.07, 6.45) is 2.88. The summed E-state index contributed by atoms with van der Waals surface area (Å²) in [7, 11) is 0. The number of epoxide rings is 1. The minimum atomic E-state index is -0.812. The van der Waals surface area contributed by atoms with Crippen molar-refractivity contribution in [2.45, 2.75) is 70.8 Å². The van der Waals surface area contributed by atoms with E-state index in [2.05, 4.69) is 5.32 Å². The van der Waals surface area contributed by atoms with Crippen molar-refractivity contribution in [1.82, 2.24) is 5.32 Å². The van der Waals surface area contributed by atoms with Crippen LogP contribution in [0.3, 0.4) is 0 Å². The number of carbonyl (C=O) groups is 2. The topological polar surface area (TPSA) is 77.2 Å². The molecule has 0 radical (unpaired) electrons. The van der Waals surface area contributed by atoms with E-state index in [1.54, 1.807) is 6.20 Å². The number of carbonyl (C=O) groups excluding carboxylic acids is 2. The molecule has 2 heterocycles. The van der Waals surface area contributed by atoms with E-state index in [4.69, 9.17) is 14.2 Å². The van der Waals surface area contributed by atoms with Gasteiger partial charge in [0, 0.05) is 12.6 Å². The molecule has 6 nitrogen and oxygen atoms in total. The van der Waals surface area contributed by atoms with Gasteiger partial charge < -0.3 is 19.5 Å². The Bertz CT molecular complexity index is 467. The van der Waals surface area contributed by atoms with E-state index in [-0.39, 0.29) is 30.3 Å². The van der Waals surface area contributed by atoms with Gasteiger partial charge in [0.05, 0.1) is 30.5 Å².